The number of carbonyl (C=O) groups excluding carboxylic acids is 2. The van der Waals surface area contributed by atoms with Gasteiger partial charge in [0.15, 0.2) is 0 Å². The summed E-state index contributed by atoms with van der Waals surface area (Å²) < 4.78 is 13.0. The lowest BCUT2D eigenvalue weighted by atomic mass is 9.69. The van der Waals surface area contributed by atoms with Gasteiger partial charge in [-0.05, 0) is 115 Å². The van der Waals surface area contributed by atoms with Crippen molar-refractivity contribution in [2.24, 2.45) is 17.8 Å². The summed E-state index contributed by atoms with van der Waals surface area (Å²) in [7, 11) is 0. The highest BCUT2D eigenvalue weighted by Gasteiger charge is 2.58. The largest absolute Gasteiger partial charge is 0.507 e. The number of aromatic hydroxyl groups is 1. The predicted octanol–water partition coefficient (Wildman–Crippen LogP) is 8.39. The fourth-order valence-electron chi connectivity index (χ4n) is 9.37. The Balaban J connectivity index is 1.04. The maximum absolute atomic E-state index is 14.4. The molecule has 1 aliphatic carbocycles. The highest BCUT2D eigenvalue weighted by molar-refractivity contribution is 6.06. The smallest absolute Gasteiger partial charge is 0.234 e. The normalized spacial score (nSPS) is 23.5. The summed E-state index contributed by atoms with van der Waals surface area (Å²) in [4.78, 5) is 32.8. The predicted molar refractivity (Wildman–Crippen MR) is 212 cm³/mol. The average Bonchev–Trinajstić information content (AvgIpc) is 3.73. The first kappa shape index (κ1) is 36.0. The van der Waals surface area contributed by atoms with Gasteiger partial charge in [-0.3, -0.25) is 19.4 Å². The van der Waals surface area contributed by atoms with Crippen LogP contribution in [0.1, 0.15) is 59.9 Å². The number of benzene rings is 4. The molecule has 4 atom stereocenters. The van der Waals surface area contributed by atoms with Crippen LogP contribution in [-0.2, 0) is 20.9 Å². The molecule has 0 aromatic heterocycles. The van der Waals surface area contributed by atoms with Gasteiger partial charge >= 0.3 is 0 Å². The third kappa shape index (κ3) is 7.40. The SMILES string of the molecule is Cc1cc(/C=C(/CC[C@H]2OC[C@H]3C2=C(COc2ccccc2)C[C@H]2C(=O)N(C4CCN(Cc5ccccc5)CC4)C(=O)[C@H]23)c2ccccc2)cc(C)c1O. The zero-order chi connectivity index (χ0) is 37.2. The van der Waals surface area contributed by atoms with Crippen LogP contribution in [0, 0.1) is 31.6 Å². The number of amides is 2. The summed E-state index contributed by atoms with van der Waals surface area (Å²) in [5.74, 6) is 0.168. The van der Waals surface area contributed by atoms with Gasteiger partial charge in [0.1, 0.15) is 18.1 Å². The van der Waals surface area contributed by atoms with E-state index in [4.69, 9.17) is 9.47 Å². The fraction of sp³-hybridized carbons (Fsp3) is 0.362. The molecular formula is C47H50N2O5. The molecule has 4 aliphatic rings. The van der Waals surface area contributed by atoms with E-state index in [1.54, 1.807) is 4.90 Å². The van der Waals surface area contributed by atoms with Crippen LogP contribution in [0.5, 0.6) is 11.5 Å². The first-order valence-corrected chi connectivity index (χ1v) is 19.5. The van der Waals surface area contributed by atoms with E-state index in [1.807, 2.05) is 68.4 Å². The van der Waals surface area contributed by atoms with E-state index in [0.29, 0.717) is 25.4 Å². The number of piperidine rings is 1. The topological polar surface area (TPSA) is 79.3 Å². The summed E-state index contributed by atoms with van der Waals surface area (Å²) >= 11 is 0. The van der Waals surface area contributed by atoms with Crippen molar-refractivity contribution in [3.8, 4) is 11.5 Å². The van der Waals surface area contributed by atoms with Crippen LogP contribution >= 0.6 is 0 Å². The van der Waals surface area contributed by atoms with Crippen LogP contribution in [0.2, 0.25) is 0 Å². The highest BCUT2D eigenvalue weighted by Crippen LogP contribution is 2.51. The Morgan fingerprint density at radius 1 is 0.852 bits per heavy atom. The Morgan fingerprint density at radius 3 is 2.19 bits per heavy atom. The lowest BCUT2D eigenvalue weighted by molar-refractivity contribution is -0.144. The van der Waals surface area contributed by atoms with E-state index < -0.39 is 5.92 Å². The summed E-state index contributed by atoms with van der Waals surface area (Å²) in [6, 6.07) is 34.7. The summed E-state index contributed by atoms with van der Waals surface area (Å²) in [5, 5.41) is 10.4. The third-order valence-electron chi connectivity index (χ3n) is 12.0. The molecule has 4 aromatic carbocycles. The number of hydrogen-bond acceptors (Lipinski definition) is 6. The molecule has 1 N–H and O–H groups in total. The zero-order valence-corrected chi connectivity index (χ0v) is 31.3. The van der Waals surface area contributed by atoms with Gasteiger partial charge in [0, 0.05) is 31.6 Å². The standard InChI is InChI=1S/C47H50N2O5/c1-31-24-34(25-32(2)45(31)50)26-36(35-14-8-4-9-15-35)18-19-42-43-37(29-53-39-16-10-5-11-17-39)27-40-44(41(43)30-54-42)47(52)49(46(40)51)38-20-22-48(23-21-38)28-33-12-6-3-7-13-33/h3-17,24-26,38,40-42,44,50H,18-23,27-30H2,1-2H3/b36-26-/t40-,41+,42-,44-/m1/s1. The number of aryl methyl sites for hydroxylation is 2. The minimum absolute atomic E-state index is 0.00997. The van der Waals surface area contributed by atoms with E-state index in [-0.39, 0.29) is 35.8 Å². The third-order valence-corrected chi connectivity index (χ3v) is 12.0. The molecule has 0 unspecified atom stereocenters. The van der Waals surface area contributed by atoms with Gasteiger partial charge in [0.2, 0.25) is 11.8 Å². The molecule has 3 aliphatic heterocycles. The molecule has 3 fully saturated rings. The number of para-hydroxylation sites is 1. The molecule has 7 heteroatoms. The summed E-state index contributed by atoms with van der Waals surface area (Å²) in [6.45, 7) is 7.27. The Labute approximate surface area is 318 Å². The maximum atomic E-state index is 14.4. The van der Waals surface area contributed by atoms with Gasteiger partial charge < -0.3 is 14.6 Å². The highest BCUT2D eigenvalue weighted by atomic mass is 16.5. The van der Waals surface area contributed by atoms with Crippen LogP contribution in [0.4, 0.5) is 0 Å². The van der Waals surface area contributed by atoms with Crippen molar-refractivity contribution in [1.82, 2.24) is 9.80 Å². The molecule has 278 valence electrons. The van der Waals surface area contributed by atoms with Crippen molar-refractivity contribution in [2.45, 2.75) is 64.6 Å². The Hall–Kier alpha value is -4.98. The number of hydrogen-bond donors (Lipinski definition) is 1. The van der Waals surface area contributed by atoms with Crippen LogP contribution in [0.3, 0.4) is 0 Å². The van der Waals surface area contributed by atoms with Crippen molar-refractivity contribution >= 4 is 23.5 Å². The summed E-state index contributed by atoms with van der Waals surface area (Å²) in [5.41, 5.74) is 8.62. The number of nitrogens with zero attached hydrogens (tertiary/aromatic N) is 2. The fourth-order valence-corrected chi connectivity index (χ4v) is 9.37. The quantitative estimate of drug-likeness (QED) is 0.0953. The average molecular weight is 723 g/mol. The van der Waals surface area contributed by atoms with E-state index in [0.717, 1.165) is 84.5 Å². The van der Waals surface area contributed by atoms with E-state index in [9.17, 15) is 14.7 Å². The molecule has 0 spiro atoms. The number of rotatable bonds is 11. The number of phenolic OH excluding ortho intramolecular Hbond substituents is 1. The molecular weight excluding hydrogens is 673 g/mol. The number of likely N-dealkylation sites (tertiary alicyclic amines) is 2. The number of fused-ring (bicyclic) bond motifs is 3. The maximum Gasteiger partial charge on any atom is 0.234 e. The zero-order valence-electron chi connectivity index (χ0n) is 31.3. The minimum atomic E-state index is -0.396. The minimum Gasteiger partial charge on any atom is -0.507 e. The number of carbonyl (C=O) groups is 2. The van der Waals surface area contributed by atoms with Crippen molar-refractivity contribution in [2.75, 3.05) is 26.3 Å². The molecule has 3 heterocycles. The van der Waals surface area contributed by atoms with Gasteiger partial charge in [-0.2, -0.15) is 0 Å². The first-order valence-electron chi connectivity index (χ1n) is 19.5. The monoisotopic (exact) mass is 722 g/mol. The second-order valence-corrected chi connectivity index (χ2v) is 15.5. The van der Waals surface area contributed by atoms with Crippen LogP contribution < -0.4 is 4.74 Å². The van der Waals surface area contributed by atoms with Crippen molar-refractivity contribution in [1.29, 1.82) is 0 Å². The molecule has 54 heavy (non-hydrogen) atoms. The Kier molecular flexibility index (Phi) is 10.5. The van der Waals surface area contributed by atoms with Gasteiger partial charge in [-0.15, -0.1) is 0 Å². The first-order chi connectivity index (χ1) is 26.3. The second kappa shape index (κ2) is 15.8. The molecule has 2 amide bonds. The molecule has 8 rings (SSSR count). The van der Waals surface area contributed by atoms with Gasteiger partial charge in [-0.25, -0.2) is 0 Å². The van der Waals surface area contributed by atoms with Gasteiger partial charge in [0.05, 0.1) is 24.5 Å². The van der Waals surface area contributed by atoms with E-state index >= 15 is 0 Å². The second-order valence-electron chi connectivity index (χ2n) is 15.5. The van der Waals surface area contributed by atoms with Crippen LogP contribution in [0.25, 0.3) is 11.6 Å². The Bertz CT molecular complexity index is 2010. The molecule has 0 saturated carbocycles. The van der Waals surface area contributed by atoms with E-state index in [1.165, 1.54) is 11.1 Å². The Morgan fingerprint density at radius 2 is 1.50 bits per heavy atom. The molecule has 0 radical (unpaired) electrons. The van der Waals surface area contributed by atoms with Crippen LogP contribution in [0.15, 0.2) is 114 Å². The lowest BCUT2D eigenvalue weighted by Crippen LogP contribution is -2.47. The summed E-state index contributed by atoms with van der Waals surface area (Å²) in [6.07, 6.45) is 5.64. The molecule has 4 aromatic rings. The number of imide groups is 1. The lowest BCUT2D eigenvalue weighted by Gasteiger charge is -2.36. The van der Waals surface area contributed by atoms with Crippen molar-refractivity contribution in [3.63, 3.8) is 0 Å². The van der Waals surface area contributed by atoms with Gasteiger partial charge in [-0.1, -0.05) is 84.9 Å². The molecule has 7 nitrogen and oxygen atoms in total. The van der Waals surface area contributed by atoms with E-state index in [2.05, 4.69) is 59.5 Å². The van der Waals surface area contributed by atoms with Crippen molar-refractivity contribution < 1.29 is 24.2 Å². The van der Waals surface area contributed by atoms with Gasteiger partial charge in [0.25, 0.3) is 0 Å². The number of phenols is 1. The van der Waals surface area contributed by atoms with Crippen LogP contribution in [-0.4, -0.2) is 65.2 Å². The molecule has 0 bridgehead atoms. The number of allylic oxidation sites excluding steroid dienone is 1. The van der Waals surface area contributed by atoms with Crippen molar-refractivity contribution in [3.05, 3.63) is 142 Å². The number of ether oxygens (including phenoxy) is 2. The molecule has 3 saturated heterocycles.